The molecule has 1 heterocycles. The zero-order valence-corrected chi connectivity index (χ0v) is 12.1. The van der Waals surface area contributed by atoms with Crippen LogP contribution < -0.4 is 10.1 Å². The van der Waals surface area contributed by atoms with Gasteiger partial charge in [0.2, 0.25) is 0 Å². The Labute approximate surface area is 117 Å². The summed E-state index contributed by atoms with van der Waals surface area (Å²) in [5.74, 6) is 0.963. The van der Waals surface area contributed by atoms with Crippen LogP contribution in [0.2, 0.25) is 0 Å². The minimum absolute atomic E-state index is 0. The molecule has 2 N–H and O–H groups in total. The number of methoxy groups -OCH3 is 1. The van der Waals surface area contributed by atoms with Gasteiger partial charge in [0.25, 0.3) is 0 Å². The van der Waals surface area contributed by atoms with Crippen LogP contribution in [-0.2, 0) is 6.54 Å². The molecule has 0 aliphatic heterocycles. The second kappa shape index (κ2) is 8.59. The molecule has 3 nitrogen and oxygen atoms in total. The highest BCUT2D eigenvalue weighted by Crippen LogP contribution is 2.30. The normalized spacial score (nSPS) is 9.53. The van der Waals surface area contributed by atoms with Gasteiger partial charge in [-0.05, 0) is 31.2 Å². The Morgan fingerprint density at radius 3 is 2.58 bits per heavy atom. The molecule has 1 aromatic heterocycles. The average molecular weight is 264 g/mol. The summed E-state index contributed by atoms with van der Waals surface area (Å²) in [5.41, 5.74) is 3.65. The van der Waals surface area contributed by atoms with E-state index in [1.54, 1.807) is 7.11 Å². The SMILES string of the molecule is C.CC.CCNCc1c(OC)cc(C)c2[nH]ccc12. The third-order valence-electron chi connectivity index (χ3n) is 2.88. The molecule has 0 aliphatic rings. The number of aromatic nitrogens is 1. The maximum atomic E-state index is 5.45. The van der Waals surface area contributed by atoms with Crippen LogP contribution in [0.5, 0.6) is 5.75 Å². The number of hydrogen-bond acceptors (Lipinski definition) is 2. The van der Waals surface area contributed by atoms with E-state index in [0.29, 0.717) is 0 Å². The molecule has 19 heavy (non-hydrogen) atoms. The molecule has 0 radical (unpaired) electrons. The van der Waals surface area contributed by atoms with Crippen LogP contribution in [0, 0.1) is 6.92 Å². The molecule has 0 amide bonds. The second-order valence-corrected chi connectivity index (χ2v) is 3.92. The third-order valence-corrected chi connectivity index (χ3v) is 2.88. The first-order valence-corrected chi connectivity index (χ1v) is 6.62. The summed E-state index contributed by atoms with van der Waals surface area (Å²) in [6.45, 7) is 10.0. The third kappa shape index (κ3) is 3.74. The summed E-state index contributed by atoms with van der Waals surface area (Å²) in [7, 11) is 1.72. The fraction of sp³-hybridized carbons (Fsp3) is 0.500. The second-order valence-electron chi connectivity index (χ2n) is 3.92. The first kappa shape index (κ1) is 17.5. The zero-order chi connectivity index (χ0) is 13.5. The van der Waals surface area contributed by atoms with E-state index in [0.717, 1.165) is 18.8 Å². The summed E-state index contributed by atoms with van der Waals surface area (Å²) in [6, 6.07) is 4.20. The van der Waals surface area contributed by atoms with Crippen molar-refractivity contribution >= 4 is 10.9 Å². The number of aromatic amines is 1. The topological polar surface area (TPSA) is 37.0 Å². The van der Waals surface area contributed by atoms with Crippen LogP contribution in [0.25, 0.3) is 10.9 Å². The minimum atomic E-state index is 0. The zero-order valence-electron chi connectivity index (χ0n) is 12.1. The standard InChI is InChI=1S/C13H18N2O.C2H6.CH4/c1-4-14-8-11-10-5-6-15-13(10)9(2)7-12(11)16-3;1-2;/h5-7,14-15H,4,8H2,1-3H3;1-2H3;1H4. The van der Waals surface area contributed by atoms with Gasteiger partial charge in [0.15, 0.2) is 0 Å². The van der Waals surface area contributed by atoms with Crippen LogP contribution in [0.4, 0.5) is 0 Å². The predicted octanol–water partition coefficient (Wildman–Crippen LogP) is 4.26. The van der Waals surface area contributed by atoms with Gasteiger partial charge in [-0.25, -0.2) is 0 Å². The van der Waals surface area contributed by atoms with Gasteiger partial charge in [0.05, 0.1) is 7.11 Å². The molecule has 2 aromatic rings. The summed E-state index contributed by atoms with van der Waals surface area (Å²) in [6.07, 6.45) is 1.98. The summed E-state index contributed by atoms with van der Waals surface area (Å²) in [5, 5.41) is 4.59. The van der Waals surface area contributed by atoms with E-state index in [4.69, 9.17) is 4.74 Å². The molecule has 0 spiro atoms. The van der Waals surface area contributed by atoms with Gasteiger partial charge < -0.3 is 15.0 Å². The van der Waals surface area contributed by atoms with Crippen molar-refractivity contribution in [2.24, 2.45) is 0 Å². The van der Waals surface area contributed by atoms with Crippen molar-refractivity contribution in [2.75, 3.05) is 13.7 Å². The van der Waals surface area contributed by atoms with Crippen molar-refractivity contribution in [3.8, 4) is 5.75 Å². The van der Waals surface area contributed by atoms with Crippen LogP contribution >= 0.6 is 0 Å². The molecule has 2 rings (SSSR count). The lowest BCUT2D eigenvalue weighted by atomic mass is 10.0. The molecule has 3 heteroatoms. The number of fused-ring (bicyclic) bond motifs is 1. The smallest absolute Gasteiger partial charge is 0.124 e. The van der Waals surface area contributed by atoms with Crippen molar-refractivity contribution in [1.29, 1.82) is 0 Å². The maximum Gasteiger partial charge on any atom is 0.124 e. The molecule has 0 bridgehead atoms. The average Bonchev–Trinajstić information content (AvgIpc) is 2.89. The number of H-pyrrole nitrogens is 1. The Morgan fingerprint density at radius 1 is 1.32 bits per heavy atom. The predicted molar refractivity (Wildman–Crippen MR) is 85.0 cm³/mol. The number of aryl methyl sites for hydroxylation is 1. The Bertz CT molecular complexity index is 489. The van der Waals surface area contributed by atoms with E-state index in [-0.39, 0.29) is 7.43 Å². The van der Waals surface area contributed by atoms with E-state index in [9.17, 15) is 0 Å². The number of benzene rings is 1. The first-order chi connectivity index (χ1) is 8.77. The Kier molecular flexibility index (Phi) is 7.92. The highest BCUT2D eigenvalue weighted by atomic mass is 16.5. The van der Waals surface area contributed by atoms with Gasteiger partial charge in [-0.2, -0.15) is 0 Å². The maximum absolute atomic E-state index is 5.45. The van der Waals surface area contributed by atoms with E-state index in [1.165, 1.54) is 22.0 Å². The van der Waals surface area contributed by atoms with Gasteiger partial charge in [0, 0.05) is 29.2 Å². The highest BCUT2D eigenvalue weighted by Gasteiger charge is 2.10. The molecule has 108 valence electrons. The van der Waals surface area contributed by atoms with Crippen molar-refractivity contribution in [3.05, 3.63) is 29.5 Å². The van der Waals surface area contributed by atoms with Crippen molar-refractivity contribution in [1.82, 2.24) is 10.3 Å². The van der Waals surface area contributed by atoms with Crippen molar-refractivity contribution in [3.63, 3.8) is 0 Å². The van der Waals surface area contributed by atoms with E-state index < -0.39 is 0 Å². The van der Waals surface area contributed by atoms with E-state index in [2.05, 4.69) is 36.3 Å². The molecule has 0 saturated heterocycles. The van der Waals surface area contributed by atoms with Crippen LogP contribution in [0.15, 0.2) is 18.3 Å². The molecular formula is C16H28N2O. The summed E-state index contributed by atoms with van der Waals surface area (Å²) in [4.78, 5) is 3.27. The number of ether oxygens (including phenoxy) is 1. The van der Waals surface area contributed by atoms with Gasteiger partial charge >= 0.3 is 0 Å². The van der Waals surface area contributed by atoms with E-state index >= 15 is 0 Å². The Morgan fingerprint density at radius 2 is 2.00 bits per heavy atom. The Balaban J connectivity index is 0.00000103. The van der Waals surface area contributed by atoms with Gasteiger partial charge in [-0.3, -0.25) is 0 Å². The minimum Gasteiger partial charge on any atom is -0.496 e. The number of nitrogens with one attached hydrogen (secondary N) is 2. The van der Waals surface area contributed by atoms with E-state index in [1.807, 2.05) is 20.0 Å². The fourth-order valence-electron chi connectivity index (χ4n) is 2.05. The quantitative estimate of drug-likeness (QED) is 0.866. The molecule has 1 aromatic carbocycles. The Hall–Kier alpha value is -1.48. The molecular weight excluding hydrogens is 236 g/mol. The lowest BCUT2D eigenvalue weighted by Gasteiger charge is -2.12. The summed E-state index contributed by atoms with van der Waals surface area (Å²) >= 11 is 0. The van der Waals surface area contributed by atoms with Gasteiger partial charge in [-0.15, -0.1) is 0 Å². The molecule has 0 unspecified atom stereocenters. The largest absolute Gasteiger partial charge is 0.496 e. The fourth-order valence-corrected chi connectivity index (χ4v) is 2.05. The lowest BCUT2D eigenvalue weighted by Crippen LogP contribution is -2.13. The van der Waals surface area contributed by atoms with Crippen molar-refractivity contribution < 1.29 is 4.74 Å². The molecule has 0 atom stereocenters. The summed E-state index contributed by atoms with van der Waals surface area (Å²) < 4.78 is 5.45. The molecule has 0 saturated carbocycles. The molecule has 0 fully saturated rings. The monoisotopic (exact) mass is 264 g/mol. The number of hydrogen-bond donors (Lipinski definition) is 2. The van der Waals surface area contributed by atoms with Crippen LogP contribution in [0.1, 0.15) is 39.3 Å². The van der Waals surface area contributed by atoms with Crippen molar-refractivity contribution in [2.45, 2.75) is 41.7 Å². The number of rotatable bonds is 4. The van der Waals surface area contributed by atoms with Gasteiger partial charge in [-0.1, -0.05) is 28.2 Å². The van der Waals surface area contributed by atoms with Crippen LogP contribution in [-0.4, -0.2) is 18.6 Å². The lowest BCUT2D eigenvalue weighted by molar-refractivity contribution is 0.408. The van der Waals surface area contributed by atoms with Gasteiger partial charge in [0.1, 0.15) is 5.75 Å². The highest BCUT2D eigenvalue weighted by molar-refractivity contribution is 5.88. The van der Waals surface area contributed by atoms with Crippen LogP contribution in [0.3, 0.4) is 0 Å². The first-order valence-electron chi connectivity index (χ1n) is 6.62. The molecule has 0 aliphatic carbocycles.